The number of alkyl halides is 1. The number of phenols is 1. The molecule has 1 unspecified atom stereocenters. The molecule has 0 radical (unpaired) electrons. The van der Waals surface area contributed by atoms with E-state index in [2.05, 4.69) is 0 Å². The van der Waals surface area contributed by atoms with Crippen molar-refractivity contribution < 1.29 is 19.4 Å². The van der Waals surface area contributed by atoms with Gasteiger partial charge < -0.3 is 10.2 Å². The summed E-state index contributed by atoms with van der Waals surface area (Å²) in [6, 6.07) is 9.85. The van der Waals surface area contributed by atoms with Gasteiger partial charge in [-0.25, -0.2) is 9.18 Å². The van der Waals surface area contributed by atoms with Crippen LogP contribution >= 0.6 is 11.8 Å². The molecule has 2 aromatic carbocycles. The summed E-state index contributed by atoms with van der Waals surface area (Å²) in [5.41, 5.74) is -2.01. The second kappa shape index (κ2) is 4.63. The zero-order valence-corrected chi connectivity index (χ0v) is 9.45. The zero-order valence-electron chi connectivity index (χ0n) is 8.63. The topological polar surface area (TPSA) is 57.5 Å². The molecule has 2 N–H and O–H groups in total. The van der Waals surface area contributed by atoms with E-state index in [1.54, 1.807) is 24.3 Å². The number of carboxylic acids is 1. The van der Waals surface area contributed by atoms with Gasteiger partial charge in [0.15, 0.2) is 0 Å². The molecule has 0 fully saturated rings. The second-order valence-electron chi connectivity index (χ2n) is 3.40. The Morgan fingerprint density at radius 2 is 1.82 bits per heavy atom. The quantitative estimate of drug-likeness (QED) is 0.824. The molecule has 17 heavy (non-hydrogen) atoms. The Labute approximate surface area is 101 Å². The average Bonchev–Trinajstić information content (AvgIpc) is 2.33. The molecule has 2 rings (SSSR count). The van der Waals surface area contributed by atoms with E-state index in [4.69, 9.17) is 5.11 Å². The van der Waals surface area contributed by atoms with E-state index < -0.39 is 11.5 Å². The first kappa shape index (κ1) is 11.7. The number of phenolic OH excluding ortho intramolecular Hbond substituents is 1. The van der Waals surface area contributed by atoms with Crippen molar-refractivity contribution in [3.05, 3.63) is 36.4 Å². The Balaban J connectivity index is 2.48. The number of thioether (sulfide) groups is 1. The van der Waals surface area contributed by atoms with Gasteiger partial charge >= 0.3 is 5.97 Å². The van der Waals surface area contributed by atoms with E-state index in [0.717, 1.165) is 0 Å². The van der Waals surface area contributed by atoms with E-state index in [1.165, 1.54) is 12.1 Å². The lowest BCUT2D eigenvalue weighted by atomic mass is 10.1. The predicted molar refractivity (Wildman–Crippen MR) is 64.0 cm³/mol. The first-order valence-corrected chi connectivity index (χ1v) is 5.72. The van der Waals surface area contributed by atoms with Gasteiger partial charge in [0.1, 0.15) is 5.75 Å². The van der Waals surface area contributed by atoms with Crippen molar-refractivity contribution in [1.82, 2.24) is 0 Å². The number of benzene rings is 2. The number of hydrogen-bond acceptors (Lipinski definition) is 3. The van der Waals surface area contributed by atoms with Crippen LogP contribution in [0.5, 0.6) is 5.75 Å². The van der Waals surface area contributed by atoms with Crippen molar-refractivity contribution in [3.8, 4) is 5.75 Å². The Morgan fingerprint density at radius 1 is 1.18 bits per heavy atom. The molecule has 0 aromatic heterocycles. The lowest BCUT2D eigenvalue weighted by molar-refractivity contribution is -0.139. The normalized spacial score (nSPS) is 12.5. The van der Waals surface area contributed by atoms with Gasteiger partial charge in [-0.3, -0.25) is 0 Å². The fourth-order valence-electron chi connectivity index (χ4n) is 1.52. The summed E-state index contributed by atoms with van der Waals surface area (Å²) in [4.78, 5) is 11.0. The maximum absolute atomic E-state index is 13.1. The molecule has 0 heterocycles. The van der Waals surface area contributed by atoms with E-state index in [9.17, 15) is 14.3 Å². The van der Waals surface area contributed by atoms with E-state index in [0.29, 0.717) is 27.4 Å². The summed E-state index contributed by atoms with van der Waals surface area (Å²) < 4.78 is 13.1. The molecule has 0 spiro atoms. The van der Waals surface area contributed by atoms with Crippen molar-refractivity contribution >= 4 is 28.5 Å². The molecular formula is C12H9FO3S. The minimum Gasteiger partial charge on any atom is -0.507 e. The summed E-state index contributed by atoms with van der Waals surface area (Å²) in [5.74, 6) is -1.41. The molecule has 0 saturated carbocycles. The largest absolute Gasteiger partial charge is 0.507 e. The molecule has 0 saturated heterocycles. The van der Waals surface area contributed by atoms with E-state index in [-0.39, 0.29) is 5.75 Å². The number of carbonyl (C=O) groups is 1. The average molecular weight is 252 g/mol. The Hall–Kier alpha value is -1.75. The summed E-state index contributed by atoms with van der Waals surface area (Å²) in [6.07, 6.45) is 0. The van der Waals surface area contributed by atoms with Crippen molar-refractivity contribution in [1.29, 1.82) is 0 Å². The highest BCUT2D eigenvalue weighted by Gasteiger charge is 2.18. The Morgan fingerprint density at radius 3 is 2.47 bits per heavy atom. The number of rotatable bonds is 3. The lowest BCUT2D eigenvalue weighted by Gasteiger charge is -2.08. The van der Waals surface area contributed by atoms with Gasteiger partial charge in [-0.05, 0) is 17.5 Å². The van der Waals surface area contributed by atoms with Crippen molar-refractivity contribution in [2.45, 2.75) is 10.4 Å². The van der Waals surface area contributed by atoms with Crippen LogP contribution in [0.25, 0.3) is 10.8 Å². The molecule has 0 aliphatic rings. The van der Waals surface area contributed by atoms with Crippen LogP contribution in [0.2, 0.25) is 0 Å². The molecule has 0 bridgehead atoms. The van der Waals surface area contributed by atoms with Gasteiger partial charge in [0, 0.05) is 10.3 Å². The third-order valence-electron chi connectivity index (χ3n) is 2.29. The number of hydrogen-bond donors (Lipinski definition) is 2. The molecule has 2 aromatic rings. The summed E-state index contributed by atoms with van der Waals surface area (Å²) in [6.45, 7) is 0. The highest BCUT2D eigenvalue weighted by molar-refractivity contribution is 8.00. The number of halogens is 1. The fraction of sp³-hybridized carbons (Fsp3) is 0.0833. The van der Waals surface area contributed by atoms with Crippen molar-refractivity contribution in [3.63, 3.8) is 0 Å². The summed E-state index contributed by atoms with van der Waals surface area (Å²) >= 11 is 0.613. The van der Waals surface area contributed by atoms with Crippen LogP contribution in [-0.2, 0) is 4.79 Å². The number of fused-ring (bicyclic) bond motifs is 1. The minimum atomic E-state index is -2.01. The SMILES string of the molecule is O=C(O)C(F)Sc1ccc(O)c2ccccc12. The zero-order chi connectivity index (χ0) is 12.4. The first-order valence-electron chi connectivity index (χ1n) is 4.84. The highest BCUT2D eigenvalue weighted by atomic mass is 32.2. The third-order valence-corrected chi connectivity index (χ3v) is 3.30. The van der Waals surface area contributed by atoms with E-state index >= 15 is 0 Å². The highest BCUT2D eigenvalue weighted by Crippen LogP contribution is 2.35. The van der Waals surface area contributed by atoms with E-state index in [1.807, 2.05) is 0 Å². The Bertz CT molecular complexity index is 571. The van der Waals surface area contributed by atoms with Crippen LogP contribution in [0.3, 0.4) is 0 Å². The lowest BCUT2D eigenvalue weighted by Crippen LogP contribution is -2.09. The number of aromatic hydroxyl groups is 1. The van der Waals surface area contributed by atoms with Gasteiger partial charge in [-0.15, -0.1) is 0 Å². The van der Waals surface area contributed by atoms with Gasteiger partial charge in [-0.1, -0.05) is 36.0 Å². The monoisotopic (exact) mass is 252 g/mol. The number of aliphatic carboxylic acids is 1. The van der Waals surface area contributed by atoms with Gasteiger partial charge in [0.05, 0.1) is 0 Å². The first-order chi connectivity index (χ1) is 8.09. The number of carboxylic acid groups (broad SMARTS) is 1. The van der Waals surface area contributed by atoms with Gasteiger partial charge in [-0.2, -0.15) is 0 Å². The van der Waals surface area contributed by atoms with Crippen LogP contribution in [0.1, 0.15) is 0 Å². The third kappa shape index (κ3) is 2.34. The smallest absolute Gasteiger partial charge is 0.349 e. The molecular weight excluding hydrogens is 243 g/mol. The van der Waals surface area contributed by atoms with Crippen molar-refractivity contribution in [2.24, 2.45) is 0 Å². The standard InChI is InChI=1S/C12H9FO3S/c13-11(12(15)16)17-10-6-5-9(14)7-3-1-2-4-8(7)10/h1-6,11,14H,(H,15,16). The Kier molecular flexibility index (Phi) is 3.19. The van der Waals surface area contributed by atoms with Crippen LogP contribution in [-0.4, -0.2) is 21.7 Å². The minimum absolute atomic E-state index is 0.0932. The van der Waals surface area contributed by atoms with Crippen LogP contribution in [0.15, 0.2) is 41.3 Å². The maximum Gasteiger partial charge on any atom is 0.349 e. The fourth-order valence-corrected chi connectivity index (χ4v) is 2.30. The van der Waals surface area contributed by atoms with Gasteiger partial charge in [0.2, 0.25) is 5.50 Å². The van der Waals surface area contributed by atoms with Crippen LogP contribution in [0, 0.1) is 0 Å². The molecule has 5 heteroatoms. The summed E-state index contributed by atoms with van der Waals surface area (Å²) in [7, 11) is 0. The molecule has 0 amide bonds. The predicted octanol–water partition coefficient (Wildman–Crippen LogP) is 3.02. The second-order valence-corrected chi connectivity index (χ2v) is 4.49. The van der Waals surface area contributed by atoms with Gasteiger partial charge in [0.25, 0.3) is 0 Å². The van der Waals surface area contributed by atoms with Crippen LogP contribution in [0.4, 0.5) is 4.39 Å². The van der Waals surface area contributed by atoms with Crippen molar-refractivity contribution in [2.75, 3.05) is 0 Å². The molecule has 1 atom stereocenters. The molecule has 0 aliphatic carbocycles. The van der Waals surface area contributed by atoms with Crippen LogP contribution < -0.4 is 0 Å². The molecule has 0 aliphatic heterocycles. The summed E-state index contributed by atoms with van der Waals surface area (Å²) in [5, 5.41) is 19.4. The maximum atomic E-state index is 13.1. The molecule has 3 nitrogen and oxygen atoms in total. The molecule has 88 valence electrons.